The van der Waals surface area contributed by atoms with E-state index in [2.05, 4.69) is 5.32 Å². The lowest BCUT2D eigenvalue weighted by atomic mass is 10.2. The van der Waals surface area contributed by atoms with Gasteiger partial charge in [0.1, 0.15) is 0 Å². The standard InChI is InChI=1S/C18H23N3O3S/c1-14(19)11-12-20-18(22)15-7-6-10-17(13-15)25(23,24)21(2)16-8-4-3-5-9-16/h3-10,13-14H,11-12,19H2,1-2H3,(H,20,22). The highest BCUT2D eigenvalue weighted by Crippen LogP contribution is 2.22. The lowest BCUT2D eigenvalue weighted by molar-refractivity contribution is 0.0952. The first kappa shape index (κ1) is 19.0. The summed E-state index contributed by atoms with van der Waals surface area (Å²) in [5.74, 6) is -0.319. The van der Waals surface area contributed by atoms with Crippen LogP contribution in [0.2, 0.25) is 0 Å². The van der Waals surface area contributed by atoms with E-state index in [0.29, 0.717) is 24.2 Å². The van der Waals surface area contributed by atoms with E-state index in [-0.39, 0.29) is 16.8 Å². The van der Waals surface area contributed by atoms with Gasteiger partial charge >= 0.3 is 0 Å². The van der Waals surface area contributed by atoms with Crippen molar-refractivity contribution in [3.8, 4) is 0 Å². The highest BCUT2D eigenvalue weighted by molar-refractivity contribution is 7.92. The number of nitrogens with two attached hydrogens (primary N) is 1. The van der Waals surface area contributed by atoms with Crippen LogP contribution < -0.4 is 15.4 Å². The molecule has 3 N–H and O–H groups in total. The van der Waals surface area contributed by atoms with Crippen LogP contribution in [0.3, 0.4) is 0 Å². The van der Waals surface area contributed by atoms with Crippen molar-refractivity contribution in [3.63, 3.8) is 0 Å². The van der Waals surface area contributed by atoms with Gasteiger partial charge in [-0.25, -0.2) is 8.42 Å². The van der Waals surface area contributed by atoms with Crippen LogP contribution in [-0.2, 0) is 10.0 Å². The summed E-state index contributed by atoms with van der Waals surface area (Å²) in [6.45, 7) is 2.30. The Bertz CT molecular complexity index is 820. The van der Waals surface area contributed by atoms with Gasteiger partial charge in [-0.2, -0.15) is 0 Å². The zero-order valence-electron chi connectivity index (χ0n) is 14.3. The highest BCUT2D eigenvalue weighted by Gasteiger charge is 2.22. The van der Waals surface area contributed by atoms with Crippen molar-refractivity contribution in [2.75, 3.05) is 17.9 Å². The minimum Gasteiger partial charge on any atom is -0.352 e. The van der Waals surface area contributed by atoms with Crippen LogP contribution in [0.4, 0.5) is 5.69 Å². The number of para-hydroxylation sites is 1. The molecule has 6 nitrogen and oxygen atoms in total. The van der Waals surface area contributed by atoms with Crippen LogP contribution in [0.5, 0.6) is 0 Å². The van der Waals surface area contributed by atoms with E-state index in [4.69, 9.17) is 5.73 Å². The van der Waals surface area contributed by atoms with Gasteiger partial charge < -0.3 is 11.1 Å². The van der Waals surface area contributed by atoms with E-state index in [0.717, 1.165) is 0 Å². The van der Waals surface area contributed by atoms with Gasteiger partial charge in [-0.3, -0.25) is 9.10 Å². The topological polar surface area (TPSA) is 92.5 Å². The van der Waals surface area contributed by atoms with E-state index < -0.39 is 10.0 Å². The summed E-state index contributed by atoms with van der Waals surface area (Å²) >= 11 is 0. The van der Waals surface area contributed by atoms with Crippen molar-refractivity contribution in [1.82, 2.24) is 5.32 Å². The van der Waals surface area contributed by atoms with E-state index in [9.17, 15) is 13.2 Å². The summed E-state index contributed by atoms with van der Waals surface area (Å²) in [4.78, 5) is 12.3. The number of benzene rings is 2. The SMILES string of the molecule is CC(N)CCNC(=O)c1cccc(S(=O)(=O)N(C)c2ccccc2)c1. The Balaban J connectivity index is 2.21. The average Bonchev–Trinajstić information content (AvgIpc) is 2.61. The number of rotatable bonds is 7. The first-order chi connectivity index (χ1) is 11.8. The van der Waals surface area contributed by atoms with Crippen molar-refractivity contribution in [1.29, 1.82) is 0 Å². The summed E-state index contributed by atoms with van der Waals surface area (Å²) in [7, 11) is -2.26. The maximum absolute atomic E-state index is 12.8. The zero-order chi connectivity index (χ0) is 18.4. The largest absolute Gasteiger partial charge is 0.352 e. The number of carbonyl (C=O) groups is 1. The van der Waals surface area contributed by atoms with E-state index in [1.165, 1.54) is 23.5 Å². The van der Waals surface area contributed by atoms with Crippen LogP contribution in [0.25, 0.3) is 0 Å². The monoisotopic (exact) mass is 361 g/mol. The molecule has 2 rings (SSSR count). The van der Waals surface area contributed by atoms with Gasteiger partial charge in [-0.05, 0) is 43.7 Å². The third-order valence-electron chi connectivity index (χ3n) is 3.76. The molecule has 1 unspecified atom stereocenters. The van der Waals surface area contributed by atoms with Crippen LogP contribution in [0, 0.1) is 0 Å². The van der Waals surface area contributed by atoms with Crippen molar-refractivity contribution in [3.05, 3.63) is 60.2 Å². The summed E-state index contributed by atoms with van der Waals surface area (Å²) in [6, 6.07) is 14.8. The number of sulfonamides is 1. The molecule has 0 aliphatic carbocycles. The number of amides is 1. The fourth-order valence-electron chi connectivity index (χ4n) is 2.25. The normalized spacial score (nSPS) is 12.4. The van der Waals surface area contributed by atoms with Gasteiger partial charge in [-0.1, -0.05) is 24.3 Å². The van der Waals surface area contributed by atoms with Gasteiger partial charge in [0.25, 0.3) is 15.9 Å². The van der Waals surface area contributed by atoms with Crippen LogP contribution >= 0.6 is 0 Å². The third-order valence-corrected chi connectivity index (χ3v) is 5.54. The van der Waals surface area contributed by atoms with Crippen LogP contribution in [0.1, 0.15) is 23.7 Å². The number of hydrogen-bond acceptors (Lipinski definition) is 4. The first-order valence-corrected chi connectivity index (χ1v) is 9.44. The number of nitrogens with zero attached hydrogens (tertiary/aromatic N) is 1. The fraction of sp³-hybridized carbons (Fsp3) is 0.278. The molecule has 0 bridgehead atoms. The number of hydrogen-bond donors (Lipinski definition) is 2. The van der Waals surface area contributed by atoms with Crippen molar-refractivity contribution >= 4 is 21.6 Å². The second-order valence-corrected chi connectivity index (χ2v) is 7.83. The fourth-order valence-corrected chi connectivity index (χ4v) is 3.49. The smallest absolute Gasteiger partial charge is 0.264 e. The molecular weight excluding hydrogens is 338 g/mol. The first-order valence-electron chi connectivity index (χ1n) is 8.00. The molecular formula is C18H23N3O3S. The molecule has 2 aromatic rings. The summed E-state index contributed by atoms with van der Waals surface area (Å²) < 4.78 is 26.8. The molecule has 0 saturated heterocycles. The molecule has 134 valence electrons. The molecule has 0 spiro atoms. The van der Waals surface area contributed by atoms with Gasteiger partial charge in [-0.15, -0.1) is 0 Å². The molecule has 0 saturated carbocycles. The average molecular weight is 361 g/mol. The van der Waals surface area contributed by atoms with Gasteiger partial charge in [0.2, 0.25) is 0 Å². The van der Waals surface area contributed by atoms with Crippen LogP contribution in [0.15, 0.2) is 59.5 Å². The molecule has 25 heavy (non-hydrogen) atoms. The minimum atomic E-state index is -3.75. The molecule has 1 atom stereocenters. The zero-order valence-corrected chi connectivity index (χ0v) is 15.2. The Labute approximate surface area is 148 Å². The van der Waals surface area contributed by atoms with Gasteiger partial charge in [0, 0.05) is 25.2 Å². The summed E-state index contributed by atoms with van der Waals surface area (Å²) in [6.07, 6.45) is 0.653. The minimum absolute atomic E-state index is 0.00784. The Morgan fingerprint density at radius 1 is 1.16 bits per heavy atom. The van der Waals surface area contributed by atoms with Crippen LogP contribution in [-0.4, -0.2) is 34.0 Å². The quantitative estimate of drug-likeness (QED) is 0.789. The van der Waals surface area contributed by atoms with Crippen molar-refractivity contribution in [2.24, 2.45) is 5.73 Å². The molecule has 1 amide bonds. The van der Waals surface area contributed by atoms with E-state index in [1.807, 2.05) is 13.0 Å². The predicted molar refractivity (Wildman–Crippen MR) is 99.1 cm³/mol. The van der Waals surface area contributed by atoms with Gasteiger partial charge in [0.05, 0.1) is 10.6 Å². The predicted octanol–water partition coefficient (Wildman–Crippen LogP) is 1.98. The maximum atomic E-state index is 12.8. The highest BCUT2D eigenvalue weighted by atomic mass is 32.2. The molecule has 0 radical (unpaired) electrons. The summed E-state index contributed by atoms with van der Waals surface area (Å²) in [5.41, 5.74) is 6.50. The molecule has 0 aromatic heterocycles. The van der Waals surface area contributed by atoms with Crippen molar-refractivity contribution in [2.45, 2.75) is 24.3 Å². The lowest BCUT2D eigenvalue weighted by Crippen LogP contribution is -2.29. The maximum Gasteiger partial charge on any atom is 0.264 e. The van der Waals surface area contributed by atoms with E-state index >= 15 is 0 Å². The second-order valence-electron chi connectivity index (χ2n) is 5.86. The van der Waals surface area contributed by atoms with Crippen molar-refractivity contribution < 1.29 is 13.2 Å². The molecule has 7 heteroatoms. The molecule has 0 fully saturated rings. The van der Waals surface area contributed by atoms with E-state index in [1.54, 1.807) is 36.4 Å². The molecule has 0 heterocycles. The Morgan fingerprint density at radius 3 is 2.48 bits per heavy atom. The number of anilines is 1. The molecule has 0 aliphatic rings. The third kappa shape index (κ3) is 4.80. The Hall–Kier alpha value is -2.38. The Morgan fingerprint density at radius 2 is 1.84 bits per heavy atom. The molecule has 2 aromatic carbocycles. The lowest BCUT2D eigenvalue weighted by Gasteiger charge is -2.19. The summed E-state index contributed by atoms with van der Waals surface area (Å²) in [5, 5.41) is 2.74. The number of carbonyl (C=O) groups excluding carboxylic acids is 1. The van der Waals surface area contributed by atoms with Gasteiger partial charge in [0.15, 0.2) is 0 Å². The second kappa shape index (κ2) is 8.13. The number of nitrogens with one attached hydrogen (secondary N) is 1. The Kier molecular flexibility index (Phi) is 6.17. The molecule has 0 aliphatic heterocycles.